The standard InChI is InChI=1S/C15H14ClFN2O/c1-10-5-6-13(16)14(7-10)18-9-15(20)19-12-4-2-3-11(17)8-12/h2-8,18H,9H2,1H3,(H,19,20). The number of aryl methyl sites for hydroxylation is 1. The molecule has 0 aliphatic carbocycles. The molecule has 2 aromatic carbocycles. The Kier molecular flexibility index (Phi) is 4.58. The van der Waals surface area contributed by atoms with E-state index in [1.165, 1.54) is 18.2 Å². The summed E-state index contributed by atoms with van der Waals surface area (Å²) in [6.45, 7) is 1.99. The number of amides is 1. The number of nitrogens with one attached hydrogen (secondary N) is 2. The van der Waals surface area contributed by atoms with Gasteiger partial charge in [-0.2, -0.15) is 0 Å². The fraction of sp³-hybridized carbons (Fsp3) is 0.133. The van der Waals surface area contributed by atoms with E-state index in [4.69, 9.17) is 11.6 Å². The molecule has 0 radical (unpaired) electrons. The van der Waals surface area contributed by atoms with Crippen LogP contribution in [0.1, 0.15) is 5.56 Å². The molecule has 0 unspecified atom stereocenters. The summed E-state index contributed by atoms with van der Waals surface area (Å²) in [5.41, 5.74) is 2.16. The lowest BCUT2D eigenvalue weighted by Crippen LogP contribution is -2.21. The van der Waals surface area contributed by atoms with Gasteiger partial charge in [0.05, 0.1) is 17.3 Å². The third-order valence-electron chi connectivity index (χ3n) is 2.67. The van der Waals surface area contributed by atoms with Crippen LogP contribution in [0.2, 0.25) is 5.02 Å². The highest BCUT2D eigenvalue weighted by atomic mass is 35.5. The Bertz CT molecular complexity index is 631. The monoisotopic (exact) mass is 292 g/mol. The Balaban J connectivity index is 1.94. The Hall–Kier alpha value is -2.07. The number of halogens is 2. The van der Waals surface area contributed by atoms with Crippen molar-refractivity contribution >= 4 is 28.9 Å². The second kappa shape index (κ2) is 6.39. The largest absolute Gasteiger partial charge is 0.375 e. The van der Waals surface area contributed by atoms with E-state index in [9.17, 15) is 9.18 Å². The van der Waals surface area contributed by atoms with E-state index in [0.717, 1.165) is 5.56 Å². The third kappa shape index (κ3) is 3.96. The molecule has 0 aliphatic heterocycles. The molecule has 0 saturated heterocycles. The average molecular weight is 293 g/mol. The van der Waals surface area contributed by atoms with Gasteiger partial charge in [0.1, 0.15) is 5.82 Å². The summed E-state index contributed by atoms with van der Waals surface area (Å²) in [4.78, 5) is 11.8. The van der Waals surface area contributed by atoms with Crippen molar-refractivity contribution in [3.63, 3.8) is 0 Å². The fourth-order valence-electron chi connectivity index (χ4n) is 1.72. The van der Waals surface area contributed by atoms with Crippen LogP contribution in [0.5, 0.6) is 0 Å². The normalized spacial score (nSPS) is 10.2. The van der Waals surface area contributed by atoms with E-state index >= 15 is 0 Å². The predicted molar refractivity (Wildman–Crippen MR) is 79.7 cm³/mol. The minimum absolute atomic E-state index is 0.0552. The van der Waals surface area contributed by atoms with Gasteiger partial charge in [-0.05, 0) is 42.8 Å². The molecule has 0 fully saturated rings. The van der Waals surface area contributed by atoms with Crippen LogP contribution in [0.4, 0.5) is 15.8 Å². The van der Waals surface area contributed by atoms with E-state index in [1.54, 1.807) is 12.1 Å². The van der Waals surface area contributed by atoms with Crippen LogP contribution in [-0.2, 0) is 4.79 Å². The summed E-state index contributed by atoms with van der Waals surface area (Å²) >= 11 is 6.02. The van der Waals surface area contributed by atoms with Crippen LogP contribution in [0.25, 0.3) is 0 Å². The molecular weight excluding hydrogens is 279 g/mol. The number of carbonyl (C=O) groups excluding carboxylic acids is 1. The zero-order valence-electron chi connectivity index (χ0n) is 10.9. The van der Waals surface area contributed by atoms with Gasteiger partial charge in [-0.25, -0.2) is 4.39 Å². The molecule has 0 atom stereocenters. The molecule has 2 rings (SSSR count). The predicted octanol–water partition coefficient (Wildman–Crippen LogP) is 3.84. The lowest BCUT2D eigenvalue weighted by atomic mass is 10.2. The van der Waals surface area contributed by atoms with Gasteiger partial charge >= 0.3 is 0 Å². The third-order valence-corrected chi connectivity index (χ3v) is 3.00. The Morgan fingerprint density at radius 1 is 1.25 bits per heavy atom. The smallest absolute Gasteiger partial charge is 0.243 e. The molecule has 0 bridgehead atoms. The number of anilines is 2. The van der Waals surface area contributed by atoms with E-state index in [2.05, 4.69) is 10.6 Å². The van der Waals surface area contributed by atoms with E-state index in [0.29, 0.717) is 16.4 Å². The van der Waals surface area contributed by atoms with Gasteiger partial charge in [-0.1, -0.05) is 23.7 Å². The van der Waals surface area contributed by atoms with Gasteiger partial charge in [0.2, 0.25) is 5.91 Å². The second-order valence-corrected chi connectivity index (χ2v) is 4.80. The van der Waals surface area contributed by atoms with Crippen LogP contribution < -0.4 is 10.6 Å². The maximum atomic E-state index is 13.0. The van der Waals surface area contributed by atoms with Crippen molar-refractivity contribution < 1.29 is 9.18 Å². The number of benzene rings is 2. The van der Waals surface area contributed by atoms with Crippen LogP contribution in [0.3, 0.4) is 0 Å². The summed E-state index contributed by atoms with van der Waals surface area (Å²) in [5, 5.41) is 6.10. The summed E-state index contributed by atoms with van der Waals surface area (Å²) in [7, 11) is 0. The van der Waals surface area contributed by atoms with Crippen molar-refractivity contribution in [1.82, 2.24) is 0 Å². The van der Waals surface area contributed by atoms with Gasteiger partial charge in [-0.15, -0.1) is 0 Å². The van der Waals surface area contributed by atoms with Gasteiger partial charge < -0.3 is 10.6 Å². The Morgan fingerprint density at radius 2 is 2.05 bits per heavy atom. The SMILES string of the molecule is Cc1ccc(Cl)c(NCC(=O)Nc2cccc(F)c2)c1. The van der Waals surface area contributed by atoms with Gasteiger partial charge in [0, 0.05) is 5.69 Å². The Labute approximate surface area is 121 Å². The lowest BCUT2D eigenvalue weighted by molar-refractivity contribution is -0.114. The second-order valence-electron chi connectivity index (χ2n) is 4.40. The number of hydrogen-bond donors (Lipinski definition) is 2. The molecule has 0 spiro atoms. The maximum Gasteiger partial charge on any atom is 0.243 e. The van der Waals surface area contributed by atoms with Crippen LogP contribution in [-0.4, -0.2) is 12.5 Å². The van der Waals surface area contributed by atoms with Crippen molar-refractivity contribution in [1.29, 1.82) is 0 Å². The van der Waals surface area contributed by atoms with Crippen LogP contribution in [0.15, 0.2) is 42.5 Å². The molecular formula is C15H14ClFN2O. The quantitative estimate of drug-likeness (QED) is 0.899. The first kappa shape index (κ1) is 14.3. The van der Waals surface area contributed by atoms with Crippen molar-refractivity contribution in [3.05, 3.63) is 58.9 Å². The molecule has 3 nitrogen and oxygen atoms in total. The highest BCUT2D eigenvalue weighted by Crippen LogP contribution is 2.22. The summed E-state index contributed by atoms with van der Waals surface area (Å²) in [5.74, 6) is -0.661. The zero-order chi connectivity index (χ0) is 14.5. The van der Waals surface area contributed by atoms with Gasteiger partial charge in [0.15, 0.2) is 0 Å². The number of rotatable bonds is 4. The fourth-order valence-corrected chi connectivity index (χ4v) is 1.91. The first-order valence-corrected chi connectivity index (χ1v) is 6.48. The number of hydrogen-bond acceptors (Lipinski definition) is 2. The summed E-state index contributed by atoms with van der Waals surface area (Å²) < 4.78 is 13.0. The summed E-state index contributed by atoms with van der Waals surface area (Å²) in [6, 6.07) is 11.3. The average Bonchev–Trinajstić information content (AvgIpc) is 2.40. The molecule has 104 valence electrons. The molecule has 0 saturated carbocycles. The van der Waals surface area contributed by atoms with Crippen LogP contribution >= 0.6 is 11.6 Å². The minimum Gasteiger partial charge on any atom is -0.375 e. The molecule has 0 aliphatic rings. The molecule has 0 heterocycles. The van der Waals surface area contributed by atoms with Crippen molar-refractivity contribution in [2.45, 2.75) is 6.92 Å². The van der Waals surface area contributed by atoms with E-state index in [1.807, 2.05) is 19.1 Å². The van der Waals surface area contributed by atoms with E-state index in [-0.39, 0.29) is 12.5 Å². The topological polar surface area (TPSA) is 41.1 Å². The van der Waals surface area contributed by atoms with Gasteiger partial charge in [-0.3, -0.25) is 4.79 Å². The van der Waals surface area contributed by atoms with Gasteiger partial charge in [0.25, 0.3) is 0 Å². The molecule has 2 N–H and O–H groups in total. The number of carbonyl (C=O) groups is 1. The molecule has 1 amide bonds. The zero-order valence-corrected chi connectivity index (χ0v) is 11.7. The molecule has 20 heavy (non-hydrogen) atoms. The maximum absolute atomic E-state index is 13.0. The lowest BCUT2D eigenvalue weighted by Gasteiger charge is -2.10. The first-order chi connectivity index (χ1) is 9.54. The molecule has 0 aromatic heterocycles. The minimum atomic E-state index is -0.391. The Morgan fingerprint density at radius 3 is 2.80 bits per heavy atom. The van der Waals surface area contributed by atoms with E-state index < -0.39 is 5.82 Å². The van der Waals surface area contributed by atoms with Crippen molar-refractivity contribution in [2.75, 3.05) is 17.2 Å². The highest BCUT2D eigenvalue weighted by Gasteiger charge is 2.05. The molecule has 5 heteroatoms. The highest BCUT2D eigenvalue weighted by molar-refractivity contribution is 6.33. The van der Waals surface area contributed by atoms with Crippen LogP contribution in [0, 0.1) is 12.7 Å². The molecule has 2 aromatic rings. The van der Waals surface area contributed by atoms with Crippen molar-refractivity contribution in [3.8, 4) is 0 Å². The summed E-state index contributed by atoms with van der Waals surface area (Å²) in [6.07, 6.45) is 0. The first-order valence-electron chi connectivity index (χ1n) is 6.10. The van der Waals surface area contributed by atoms with Crippen molar-refractivity contribution in [2.24, 2.45) is 0 Å².